The van der Waals surface area contributed by atoms with Gasteiger partial charge in [-0.05, 0) is 19.9 Å². The molecule has 0 aliphatic carbocycles. The van der Waals surface area contributed by atoms with E-state index in [4.69, 9.17) is 4.74 Å². The van der Waals surface area contributed by atoms with E-state index in [0.717, 1.165) is 0 Å². The van der Waals surface area contributed by atoms with E-state index >= 15 is 0 Å². The Hall–Kier alpha value is -1.38. The molecule has 3 nitrogen and oxygen atoms in total. The number of carbonyl (C=O) groups is 1. The number of aromatic nitrogens is 1. The van der Waals surface area contributed by atoms with Gasteiger partial charge in [0, 0.05) is 6.20 Å². The van der Waals surface area contributed by atoms with Gasteiger partial charge in [-0.1, -0.05) is 0 Å². The molecule has 0 atom stereocenters. The molecule has 1 rings (SSSR count). The van der Waals surface area contributed by atoms with Gasteiger partial charge in [0.15, 0.2) is 5.78 Å². The normalized spacial score (nSPS) is 9.50. The molecule has 0 unspecified atom stereocenters. The molecule has 0 N–H and O–H groups in total. The molecule has 0 saturated heterocycles. The molecule has 1 aromatic rings. The minimum Gasteiger partial charge on any atom is -0.491 e. The number of carbonyl (C=O) groups excluding carboxylic acids is 1. The number of ether oxygens (including phenoxy) is 1. The van der Waals surface area contributed by atoms with Crippen molar-refractivity contribution in [3.05, 3.63) is 24.0 Å². The second kappa shape index (κ2) is 3.85. The maximum absolute atomic E-state index is 11.0. The Morgan fingerprint density at radius 1 is 1.67 bits per heavy atom. The van der Waals surface area contributed by atoms with Crippen LogP contribution in [0.4, 0.5) is 0 Å². The van der Waals surface area contributed by atoms with Crippen LogP contribution in [0.25, 0.3) is 0 Å². The van der Waals surface area contributed by atoms with Gasteiger partial charge in [0.1, 0.15) is 5.75 Å². The monoisotopic (exact) mass is 165 g/mol. The molecule has 1 heterocycles. The Morgan fingerprint density at radius 3 is 3.00 bits per heavy atom. The topological polar surface area (TPSA) is 39.2 Å². The van der Waals surface area contributed by atoms with Gasteiger partial charge in [-0.25, -0.2) is 0 Å². The number of hydrogen-bond acceptors (Lipinski definition) is 3. The van der Waals surface area contributed by atoms with Crippen LogP contribution in [0.2, 0.25) is 0 Å². The lowest BCUT2D eigenvalue weighted by atomic mass is 10.2. The Kier molecular flexibility index (Phi) is 2.80. The lowest BCUT2D eigenvalue weighted by Crippen LogP contribution is -2.00. The number of ketones is 1. The molecule has 0 aliphatic rings. The summed E-state index contributed by atoms with van der Waals surface area (Å²) in [4.78, 5) is 14.9. The Bertz CT molecular complexity index is 284. The summed E-state index contributed by atoms with van der Waals surface area (Å²) in [7, 11) is 0. The number of pyridine rings is 1. The van der Waals surface area contributed by atoms with Crippen LogP contribution in [0.1, 0.15) is 24.2 Å². The van der Waals surface area contributed by atoms with Crippen molar-refractivity contribution in [3.8, 4) is 5.75 Å². The second-order valence-corrected chi connectivity index (χ2v) is 2.36. The van der Waals surface area contributed by atoms with E-state index in [9.17, 15) is 4.79 Å². The molecule has 0 saturated carbocycles. The number of Topliss-reactive ketones (excluding diaryl/α,β-unsaturated/α-hetero) is 1. The molecule has 3 heteroatoms. The van der Waals surface area contributed by atoms with E-state index in [1.807, 2.05) is 6.92 Å². The molecule has 0 fully saturated rings. The van der Waals surface area contributed by atoms with E-state index < -0.39 is 0 Å². The largest absolute Gasteiger partial charge is 0.491 e. The highest BCUT2D eigenvalue weighted by Gasteiger charge is 2.06. The third kappa shape index (κ3) is 1.81. The maximum Gasteiger partial charge on any atom is 0.163 e. The van der Waals surface area contributed by atoms with Crippen LogP contribution in [0.3, 0.4) is 0 Å². The van der Waals surface area contributed by atoms with Crippen molar-refractivity contribution in [1.29, 1.82) is 0 Å². The third-order valence-electron chi connectivity index (χ3n) is 1.46. The molecular formula is C9H11NO2. The Morgan fingerprint density at radius 2 is 2.42 bits per heavy atom. The number of hydrogen-bond donors (Lipinski definition) is 0. The van der Waals surface area contributed by atoms with Gasteiger partial charge in [-0.2, -0.15) is 0 Å². The lowest BCUT2D eigenvalue weighted by Gasteiger charge is -2.05. The van der Waals surface area contributed by atoms with Crippen LogP contribution >= 0.6 is 0 Å². The zero-order valence-electron chi connectivity index (χ0n) is 7.20. The zero-order chi connectivity index (χ0) is 8.97. The summed E-state index contributed by atoms with van der Waals surface area (Å²) in [6, 6.07) is 1.66. The molecule has 0 amide bonds. The molecule has 1 aromatic heterocycles. The predicted octanol–water partition coefficient (Wildman–Crippen LogP) is 1.68. The van der Waals surface area contributed by atoms with Crippen LogP contribution in [0.15, 0.2) is 18.5 Å². The first-order chi connectivity index (χ1) is 5.75. The standard InChI is InChI=1S/C9H11NO2/c1-3-12-9-6-10-5-4-8(9)7(2)11/h4-6H,3H2,1-2H3. The van der Waals surface area contributed by atoms with Crippen LogP contribution in [-0.4, -0.2) is 17.4 Å². The quantitative estimate of drug-likeness (QED) is 0.640. The number of rotatable bonds is 3. The van der Waals surface area contributed by atoms with Gasteiger partial charge in [-0.3, -0.25) is 9.78 Å². The molecule has 0 radical (unpaired) electrons. The summed E-state index contributed by atoms with van der Waals surface area (Å²) < 4.78 is 5.21. The van der Waals surface area contributed by atoms with E-state index in [2.05, 4.69) is 4.98 Å². The van der Waals surface area contributed by atoms with Crippen molar-refractivity contribution in [2.45, 2.75) is 13.8 Å². The summed E-state index contributed by atoms with van der Waals surface area (Å²) >= 11 is 0. The fourth-order valence-corrected chi connectivity index (χ4v) is 0.941. The van der Waals surface area contributed by atoms with Crippen LogP contribution in [0, 0.1) is 0 Å². The number of nitrogens with zero attached hydrogens (tertiary/aromatic N) is 1. The van der Waals surface area contributed by atoms with E-state index in [-0.39, 0.29) is 5.78 Å². The lowest BCUT2D eigenvalue weighted by molar-refractivity contribution is 0.101. The SMILES string of the molecule is CCOc1cnccc1C(C)=O. The Balaban J connectivity index is 3.00. The summed E-state index contributed by atoms with van der Waals surface area (Å²) in [5.41, 5.74) is 0.590. The van der Waals surface area contributed by atoms with Gasteiger partial charge in [0.2, 0.25) is 0 Å². The zero-order valence-corrected chi connectivity index (χ0v) is 7.20. The fraction of sp³-hybridized carbons (Fsp3) is 0.333. The molecular weight excluding hydrogens is 154 g/mol. The van der Waals surface area contributed by atoms with Gasteiger partial charge in [0.05, 0.1) is 18.4 Å². The first-order valence-electron chi connectivity index (χ1n) is 3.83. The molecule has 0 bridgehead atoms. The molecule has 12 heavy (non-hydrogen) atoms. The minimum absolute atomic E-state index is 0.000787. The highest BCUT2D eigenvalue weighted by molar-refractivity contribution is 5.96. The first kappa shape index (κ1) is 8.71. The van der Waals surface area contributed by atoms with E-state index in [1.54, 1.807) is 18.5 Å². The van der Waals surface area contributed by atoms with Crippen molar-refractivity contribution in [2.24, 2.45) is 0 Å². The maximum atomic E-state index is 11.0. The molecule has 0 aromatic carbocycles. The first-order valence-corrected chi connectivity index (χ1v) is 3.83. The van der Waals surface area contributed by atoms with Crippen molar-refractivity contribution < 1.29 is 9.53 Å². The minimum atomic E-state index is 0.000787. The summed E-state index contributed by atoms with van der Waals surface area (Å²) in [5.74, 6) is 0.563. The van der Waals surface area contributed by atoms with Gasteiger partial charge in [0.25, 0.3) is 0 Å². The predicted molar refractivity (Wildman–Crippen MR) is 45.4 cm³/mol. The van der Waals surface area contributed by atoms with Crippen molar-refractivity contribution in [2.75, 3.05) is 6.61 Å². The van der Waals surface area contributed by atoms with Crippen molar-refractivity contribution in [3.63, 3.8) is 0 Å². The van der Waals surface area contributed by atoms with Gasteiger partial charge >= 0.3 is 0 Å². The van der Waals surface area contributed by atoms with Gasteiger partial charge in [-0.15, -0.1) is 0 Å². The van der Waals surface area contributed by atoms with Crippen LogP contribution < -0.4 is 4.74 Å². The average molecular weight is 165 g/mol. The fourth-order valence-electron chi connectivity index (χ4n) is 0.941. The average Bonchev–Trinajstić information content (AvgIpc) is 2.05. The molecule has 0 spiro atoms. The Labute approximate surface area is 71.4 Å². The third-order valence-corrected chi connectivity index (χ3v) is 1.46. The highest BCUT2D eigenvalue weighted by Crippen LogP contribution is 2.16. The highest BCUT2D eigenvalue weighted by atomic mass is 16.5. The summed E-state index contributed by atoms with van der Waals surface area (Å²) in [5, 5.41) is 0. The van der Waals surface area contributed by atoms with Gasteiger partial charge < -0.3 is 4.74 Å². The van der Waals surface area contributed by atoms with Crippen molar-refractivity contribution >= 4 is 5.78 Å². The smallest absolute Gasteiger partial charge is 0.163 e. The molecule has 64 valence electrons. The van der Waals surface area contributed by atoms with E-state index in [0.29, 0.717) is 17.9 Å². The summed E-state index contributed by atoms with van der Waals surface area (Å²) in [6.45, 7) is 3.93. The van der Waals surface area contributed by atoms with Crippen molar-refractivity contribution in [1.82, 2.24) is 4.98 Å². The van der Waals surface area contributed by atoms with Crippen LogP contribution in [0.5, 0.6) is 5.75 Å². The second-order valence-electron chi connectivity index (χ2n) is 2.36. The summed E-state index contributed by atoms with van der Waals surface area (Å²) in [6.07, 6.45) is 3.14. The van der Waals surface area contributed by atoms with Crippen LogP contribution in [-0.2, 0) is 0 Å². The molecule has 0 aliphatic heterocycles. The van der Waals surface area contributed by atoms with E-state index in [1.165, 1.54) is 6.92 Å².